The molecule has 0 aliphatic carbocycles. The largest absolute Gasteiger partial charge is 0.444 e. The number of halogens is 2. The summed E-state index contributed by atoms with van der Waals surface area (Å²) in [7, 11) is 0. The van der Waals surface area contributed by atoms with Gasteiger partial charge in [0.15, 0.2) is 0 Å². The topological polar surface area (TPSA) is 73.4 Å². The Morgan fingerprint density at radius 2 is 1.85 bits per heavy atom. The molecular formula is C26H30F2N4O2. The fourth-order valence-corrected chi connectivity index (χ4v) is 5.49. The summed E-state index contributed by atoms with van der Waals surface area (Å²) in [5, 5.41) is 0.668. The number of benzene rings is 1. The summed E-state index contributed by atoms with van der Waals surface area (Å²) >= 11 is 0. The number of anilines is 1. The standard InChI is InChI=1S/C26H30F2N4O2/c1-26(2,3)34-25(33)32-19-4-5-20(32)10-16(9-19)17-11-21(27)23(30-13-17)14-31-7-6-15-8-18(29)12-22(28)24(15)31/h6-8,11-13,16,19-20H,4-5,9-10,14,29H2,1-3H3. The Hall–Kier alpha value is -3.16. The van der Waals surface area contributed by atoms with Crippen LogP contribution in [0.1, 0.15) is 63.6 Å². The molecule has 1 aromatic carbocycles. The summed E-state index contributed by atoms with van der Waals surface area (Å²) in [6, 6.07) is 6.47. The first kappa shape index (κ1) is 22.6. The number of ether oxygens (including phenoxy) is 1. The van der Waals surface area contributed by atoms with Crippen LogP contribution in [0.3, 0.4) is 0 Å². The Bertz CT molecular complexity index is 1240. The first-order valence-corrected chi connectivity index (χ1v) is 11.8. The highest BCUT2D eigenvalue weighted by atomic mass is 19.1. The van der Waals surface area contributed by atoms with Gasteiger partial charge in [0.2, 0.25) is 0 Å². The van der Waals surface area contributed by atoms with Crippen LogP contribution in [-0.4, -0.2) is 38.2 Å². The lowest BCUT2D eigenvalue weighted by Gasteiger charge is -2.39. The van der Waals surface area contributed by atoms with Gasteiger partial charge in [-0.3, -0.25) is 4.98 Å². The number of amides is 1. The molecule has 2 aromatic heterocycles. The smallest absolute Gasteiger partial charge is 0.410 e. The maximum atomic E-state index is 15.1. The third-order valence-electron chi connectivity index (χ3n) is 6.90. The second kappa shape index (κ2) is 8.25. The Morgan fingerprint density at radius 1 is 1.15 bits per heavy atom. The van der Waals surface area contributed by atoms with Gasteiger partial charge in [-0.1, -0.05) is 0 Å². The molecule has 4 heterocycles. The molecular weight excluding hydrogens is 438 g/mol. The number of rotatable bonds is 3. The number of fused-ring (bicyclic) bond motifs is 3. The van der Waals surface area contributed by atoms with Crippen molar-refractivity contribution in [3.63, 3.8) is 0 Å². The van der Waals surface area contributed by atoms with Crippen molar-refractivity contribution in [2.75, 3.05) is 5.73 Å². The van der Waals surface area contributed by atoms with E-state index in [0.29, 0.717) is 16.6 Å². The van der Waals surface area contributed by atoms with Crippen molar-refractivity contribution in [3.8, 4) is 0 Å². The van der Waals surface area contributed by atoms with Crippen LogP contribution in [0.25, 0.3) is 10.9 Å². The normalized spacial score (nSPS) is 22.4. The van der Waals surface area contributed by atoms with Crippen LogP contribution >= 0.6 is 0 Å². The zero-order valence-corrected chi connectivity index (χ0v) is 19.7. The molecule has 8 heteroatoms. The number of carbonyl (C=O) groups is 1. The lowest BCUT2D eigenvalue weighted by atomic mass is 9.86. The van der Waals surface area contributed by atoms with Crippen LogP contribution in [0.5, 0.6) is 0 Å². The maximum absolute atomic E-state index is 15.1. The molecule has 2 aliphatic heterocycles. The van der Waals surface area contributed by atoms with Crippen molar-refractivity contribution in [3.05, 3.63) is 59.6 Å². The van der Waals surface area contributed by atoms with E-state index in [-0.39, 0.29) is 36.3 Å². The molecule has 2 bridgehead atoms. The van der Waals surface area contributed by atoms with Gasteiger partial charge in [0.05, 0.1) is 17.8 Å². The van der Waals surface area contributed by atoms with E-state index in [2.05, 4.69) is 4.98 Å². The number of pyridine rings is 1. The molecule has 2 N–H and O–H groups in total. The Labute approximate surface area is 197 Å². The van der Waals surface area contributed by atoms with Gasteiger partial charge in [0.1, 0.15) is 17.2 Å². The molecule has 0 saturated carbocycles. The maximum Gasteiger partial charge on any atom is 0.410 e. The number of nitrogen functional groups attached to an aromatic ring is 1. The van der Waals surface area contributed by atoms with Crippen LogP contribution in [0.4, 0.5) is 19.3 Å². The zero-order valence-electron chi connectivity index (χ0n) is 19.7. The van der Waals surface area contributed by atoms with Gasteiger partial charge in [0, 0.05) is 35.6 Å². The fourth-order valence-electron chi connectivity index (χ4n) is 5.49. The molecule has 0 radical (unpaired) electrons. The number of nitrogens with zero attached hydrogens (tertiary/aromatic N) is 3. The van der Waals surface area contributed by atoms with Gasteiger partial charge in [-0.15, -0.1) is 0 Å². The second-order valence-electron chi connectivity index (χ2n) is 10.5. The van der Waals surface area contributed by atoms with Gasteiger partial charge < -0.3 is 19.9 Å². The number of hydrogen-bond donors (Lipinski definition) is 1. The first-order valence-electron chi connectivity index (χ1n) is 11.8. The van der Waals surface area contributed by atoms with Crippen LogP contribution in [-0.2, 0) is 11.3 Å². The molecule has 1 amide bonds. The monoisotopic (exact) mass is 468 g/mol. The van der Waals surface area contributed by atoms with Gasteiger partial charge in [-0.2, -0.15) is 0 Å². The second-order valence-corrected chi connectivity index (χ2v) is 10.5. The lowest BCUT2D eigenvalue weighted by molar-refractivity contribution is 0.00582. The van der Waals surface area contributed by atoms with Crippen molar-refractivity contribution >= 4 is 22.7 Å². The molecule has 2 unspecified atom stereocenters. The molecule has 0 spiro atoms. The van der Waals surface area contributed by atoms with E-state index >= 15 is 4.39 Å². The van der Waals surface area contributed by atoms with Crippen LogP contribution in [0, 0.1) is 11.6 Å². The zero-order chi connectivity index (χ0) is 24.2. The van der Waals surface area contributed by atoms with Crippen LogP contribution in [0.2, 0.25) is 0 Å². The summed E-state index contributed by atoms with van der Waals surface area (Å²) in [6.45, 7) is 5.74. The Morgan fingerprint density at radius 3 is 2.50 bits per heavy atom. The number of hydrogen-bond acceptors (Lipinski definition) is 4. The molecule has 5 rings (SSSR count). The van der Waals surface area contributed by atoms with Crippen molar-refractivity contribution in [2.45, 2.75) is 76.6 Å². The van der Waals surface area contributed by atoms with E-state index in [9.17, 15) is 9.18 Å². The third-order valence-corrected chi connectivity index (χ3v) is 6.90. The summed E-state index contributed by atoms with van der Waals surface area (Å²) in [5.74, 6) is -0.707. The van der Waals surface area contributed by atoms with E-state index < -0.39 is 17.2 Å². The van der Waals surface area contributed by atoms with E-state index in [4.69, 9.17) is 10.5 Å². The number of nitrogens with two attached hydrogens (primary N) is 1. The van der Waals surface area contributed by atoms with Gasteiger partial charge in [-0.05, 0) is 82.2 Å². The van der Waals surface area contributed by atoms with Gasteiger partial charge in [-0.25, -0.2) is 13.6 Å². The summed E-state index contributed by atoms with van der Waals surface area (Å²) in [5.41, 5.74) is 7.02. The molecule has 6 nitrogen and oxygen atoms in total. The van der Waals surface area contributed by atoms with Crippen molar-refractivity contribution in [1.29, 1.82) is 0 Å². The van der Waals surface area contributed by atoms with Crippen molar-refractivity contribution in [2.24, 2.45) is 0 Å². The highest BCUT2D eigenvalue weighted by molar-refractivity contribution is 5.84. The minimum Gasteiger partial charge on any atom is -0.444 e. The average Bonchev–Trinajstić information content (AvgIpc) is 3.26. The first-order chi connectivity index (χ1) is 16.1. The van der Waals surface area contributed by atoms with E-state index in [1.165, 1.54) is 6.07 Å². The molecule has 2 aliphatic rings. The molecule has 180 valence electrons. The number of aromatic nitrogens is 2. The highest BCUT2D eigenvalue weighted by Gasteiger charge is 2.45. The Balaban J connectivity index is 1.32. The lowest BCUT2D eigenvalue weighted by Crippen LogP contribution is -2.48. The van der Waals surface area contributed by atoms with E-state index in [1.807, 2.05) is 25.7 Å². The SMILES string of the molecule is CC(C)(C)OC(=O)N1C2CCC1CC(c1cnc(Cn3ccc4cc(N)cc(F)c43)c(F)c1)C2. The highest BCUT2D eigenvalue weighted by Crippen LogP contribution is 2.43. The number of carbonyl (C=O) groups excluding carboxylic acids is 1. The third kappa shape index (κ3) is 4.21. The summed E-state index contributed by atoms with van der Waals surface area (Å²) in [4.78, 5) is 19.0. The van der Waals surface area contributed by atoms with Crippen molar-refractivity contribution in [1.82, 2.24) is 14.5 Å². The minimum atomic E-state index is -0.531. The minimum absolute atomic E-state index is 0.1000. The van der Waals surface area contributed by atoms with Gasteiger partial charge >= 0.3 is 6.09 Å². The average molecular weight is 469 g/mol. The molecule has 2 fully saturated rings. The van der Waals surface area contributed by atoms with E-state index in [0.717, 1.165) is 31.2 Å². The quantitative estimate of drug-likeness (QED) is 0.509. The van der Waals surface area contributed by atoms with Crippen LogP contribution < -0.4 is 5.73 Å². The van der Waals surface area contributed by atoms with Gasteiger partial charge in [0.25, 0.3) is 0 Å². The van der Waals surface area contributed by atoms with Crippen LogP contribution in [0.15, 0.2) is 36.7 Å². The van der Waals surface area contributed by atoms with E-state index in [1.54, 1.807) is 35.2 Å². The predicted molar refractivity (Wildman–Crippen MR) is 126 cm³/mol. The fraction of sp³-hybridized carbons (Fsp3) is 0.462. The summed E-state index contributed by atoms with van der Waals surface area (Å²) < 4.78 is 36.8. The Kier molecular flexibility index (Phi) is 5.49. The molecule has 2 atom stereocenters. The van der Waals surface area contributed by atoms with Crippen molar-refractivity contribution < 1.29 is 18.3 Å². The molecule has 34 heavy (non-hydrogen) atoms. The number of piperidine rings is 1. The molecule has 3 aromatic rings. The summed E-state index contributed by atoms with van der Waals surface area (Å²) in [6.07, 6.45) is 6.59. The molecule has 2 saturated heterocycles. The predicted octanol–water partition coefficient (Wildman–Crippen LogP) is 5.59.